The number of aliphatic hydroxyl groups is 1. The van der Waals surface area contributed by atoms with E-state index in [1.165, 1.54) is 12.1 Å². The molecule has 2 N–H and O–H groups in total. The highest BCUT2D eigenvalue weighted by Gasteiger charge is 2.33. The summed E-state index contributed by atoms with van der Waals surface area (Å²) in [6.45, 7) is 4.72. The Hall–Kier alpha value is -2.14. The van der Waals surface area contributed by atoms with Crippen molar-refractivity contribution in [2.75, 3.05) is 38.5 Å². The van der Waals surface area contributed by atoms with Crippen molar-refractivity contribution in [1.29, 1.82) is 0 Å². The molecule has 1 amide bonds. The van der Waals surface area contributed by atoms with Crippen molar-refractivity contribution in [3.05, 3.63) is 41.3 Å². The van der Waals surface area contributed by atoms with Crippen LogP contribution in [0, 0.1) is 5.92 Å². The fourth-order valence-corrected chi connectivity index (χ4v) is 5.53. The van der Waals surface area contributed by atoms with Gasteiger partial charge in [-0.15, -0.1) is 11.3 Å². The summed E-state index contributed by atoms with van der Waals surface area (Å²) in [5.41, 5.74) is 0.542. The van der Waals surface area contributed by atoms with E-state index in [2.05, 4.69) is 4.72 Å². The van der Waals surface area contributed by atoms with Crippen LogP contribution in [0.1, 0.15) is 24.2 Å². The lowest BCUT2D eigenvalue weighted by Crippen LogP contribution is -2.49. The van der Waals surface area contributed by atoms with E-state index in [0.29, 0.717) is 18.8 Å². The molecule has 2 heterocycles. The molecule has 31 heavy (non-hydrogen) atoms. The topological polar surface area (TPSA) is 99.2 Å². The lowest BCUT2D eigenvalue weighted by molar-refractivity contribution is 0.0363. The number of nitrogens with zero attached hydrogens (tertiary/aromatic N) is 2. The molecular weight excluding hydrogens is 438 g/mol. The summed E-state index contributed by atoms with van der Waals surface area (Å²) < 4.78 is 34.2. The number of hydrogen-bond acceptors (Lipinski definition) is 7. The fraction of sp³-hybridized carbons (Fsp3) is 0.476. The van der Waals surface area contributed by atoms with Crippen LogP contribution in [-0.2, 0) is 10.0 Å². The maximum atomic E-state index is 13.4. The Morgan fingerprint density at radius 1 is 1.35 bits per heavy atom. The van der Waals surface area contributed by atoms with Gasteiger partial charge in [-0.2, -0.15) is 0 Å². The molecule has 8 nitrogen and oxygen atoms in total. The monoisotopic (exact) mass is 467 g/mol. The van der Waals surface area contributed by atoms with E-state index in [9.17, 15) is 18.3 Å². The van der Waals surface area contributed by atoms with Crippen molar-refractivity contribution < 1.29 is 23.1 Å². The molecule has 2 aromatic rings. The summed E-state index contributed by atoms with van der Waals surface area (Å²) in [4.78, 5) is 17.0. The van der Waals surface area contributed by atoms with Crippen molar-refractivity contribution in [3.8, 4) is 5.75 Å². The Labute approximate surface area is 187 Å². The van der Waals surface area contributed by atoms with Crippen molar-refractivity contribution >= 4 is 33.0 Å². The average molecular weight is 468 g/mol. The van der Waals surface area contributed by atoms with Crippen LogP contribution in [0.3, 0.4) is 0 Å². The Balaban J connectivity index is 2.00. The van der Waals surface area contributed by atoms with Gasteiger partial charge < -0.3 is 19.6 Å². The Morgan fingerprint density at radius 3 is 2.71 bits per heavy atom. The number of aliphatic hydroxyl groups excluding tert-OH is 1. The quantitative estimate of drug-likeness (QED) is 0.649. The number of rotatable bonds is 7. The number of benzene rings is 1. The van der Waals surface area contributed by atoms with Gasteiger partial charge in [0.2, 0.25) is 0 Å². The van der Waals surface area contributed by atoms with E-state index < -0.39 is 10.0 Å². The first-order chi connectivity index (χ1) is 14.6. The Kier molecular flexibility index (Phi) is 7.25. The van der Waals surface area contributed by atoms with Crippen LogP contribution in [0.5, 0.6) is 5.75 Å². The SMILES string of the molecule is C[C@@H]1CN([C@H](C)CO)C(=O)c2cc(NS(=O)(=O)c3cccs3)ccc2O[C@@H]1CN(C)C. The van der Waals surface area contributed by atoms with Gasteiger partial charge in [-0.25, -0.2) is 8.42 Å². The lowest BCUT2D eigenvalue weighted by Gasteiger charge is -2.37. The molecule has 0 unspecified atom stereocenters. The van der Waals surface area contributed by atoms with E-state index in [1.54, 1.807) is 35.4 Å². The fourth-order valence-electron chi connectivity index (χ4n) is 3.49. The van der Waals surface area contributed by atoms with Crippen LogP contribution in [0.15, 0.2) is 39.9 Å². The minimum atomic E-state index is -3.74. The minimum absolute atomic E-state index is 0.0329. The summed E-state index contributed by atoms with van der Waals surface area (Å²) in [7, 11) is 0.168. The molecule has 0 fully saturated rings. The third-order valence-electron chi connectivity index (χ3n) is 5.22. The smallest absolute Gasteiger partial charge is 0.271 e. The first-order valence-electron chi connectivity index (χ1n) is 10.1. The number of hydrogen-bond donors (Lipinski definition) is 2. The maximum absolute atomic E-state index is 13.4. The van der Waals surface area contributed by atoms with Gasteiger partial charge in [-0.1, -0.05) is 13.0 Å². The van der Waals surface area contributed by atoms with E-state index in [4.69, 9.17) is 4.74 Å². The highest BCUT2D eigenvalue weighted by molar-refractivity contribution is 7.94. The second-order valence-corrected chi connectivity index (χ2v) is 11.0. The molecular formula is C21H29N3O5S2. The number of nitrogens with one attached hydrogen (secondary N) is 1. The molecule has 1 aliphatic rings. The molecule has 0 bridgehead atoms. The molecule has 3 atom stereocenters. The van der Waals surface area contributed by atoms with Crippen molar-refractivity contribution in [2.24, 2.45) is 5.92 Å². The molecule has 0 saturated heterocycles. The Morgan fingerprint density at radius 2 is 2.10 bits per heavy atom. The number of carbonyl (C=O) groups is 1. The van der Waals surface area contributed by atoms with Crippen LogP contribution < -0.4 is 9.46 Å². The predicted octanol–water partition coefficient (Wildman–Crippen LogP) is 2.33. The highest BCUT2D eigenvalue weighted by atomic mass is 32.2. The number of amides is 1. The zero-order valence-corrected chi connectivity index (χ0v) is 19.7. The molecule has 0 saturated carbocycles. The van der Waals surface area contributed by atoms with Crippen LogP contribution in [0.2, 0.25) is 0 Å². The van der Waals surface area contributed by atoms with Crippen molar-refractivity contribution in [3.63, 3.8) is 0 Å². The van der Waals surface area contributed by atoms with Crippen LogP contribution in [-0.4, -0.2) is 75.2 Å². The number of thiophene rings is 1. The van der Waals surface area contributed by atoms with Crippen LogP contribution >= 0.6 is 11.3 Å². The number of likely N-dealkylation sites (N-methyl/N-ethyl adjacent to an activating group) is 1. The summed E-state index contributed by atoms with van der Waals surface area (Å²) in [5, 5.41) is 11.4. The first-order valence-corrected chi connectivity index (χ1v) is 12.4. The molecule has 10 heteroatoms. The van der Waals surface area contributed by atoms with E-state index in [-0.39, 0.29) is 46.0 Å². The van der Waals surface area contributed by atoms with Gasteiger partial charge in [-0.05, 0) is 50.7 Å². The summed E-state index contributed by atoms with van der Waals surface area (Å²) in [6.07, 6.45) is -0.177. The third kappa shape index (κ3) is 5.38. The zero-order valence-electron chi connectivity index (χ0n) is 18.1. The summed E-state index contributed by atoms with van der Waals surface area (Å²) in [6, 6.07) is 7.53. The van der Waals surface area contributed by atoms with Crippen molar-refractivity contribution in [1.82, 2.24) is 9.80 Å². The average Bonchev–Trinajstić information content (AvgIpc) is 3.26. The van der Waals surface area contributed by atoms with Gasteiger partial charge in [0.25, 0.3) is 15.9 Å². The van der Waals surface area contributed by atoms with Gasteiger partial charge in [0.05, 0.1) is 18.2 Å². The summed E-state index contributed by atoms with van der Waals surface area (Å²) >= 11 is 1.12. The lowest BCUT2D eigenvalue weighted by atomic mass is 9.99. The molecule has 1 aromatic carbocycles. The van der Waals surface area contributed by atoms with E-state index in [1.807, 2.05) is 25.9 Å². The van der Waals surface area contributed by atoms with Crippen LogP contribution in [0.25, 0.3) is 0 Å². The van der Waals surface area contributed by atoms with Gasteiger partial charge in [0, 0.05) is 24.7 Å². The normalized spacial score (nSPS) is 20.6. The number of fused-ring (bicyclic) bond motifs is 1. The molecule has 1 aliphatic heterocycles. The second kappa shape index (κ2) is 9.56. The predicted molar refractivity (Wildman–Crippen MR) is 121 cm³/mol. The number of anilines is 1. The highest BCUT2D eigenvalue weighted by Crippen LogP contribution is 2.31. The molecule has 170 valence electrons. The van der Waals surface area contributed by atoms with E-state index in [0.717, 1.165) is 11.3 Å². The zero-order chi connectivity index (χ0) is 22.8. The Bertz CT molecular complexity index is 1010. The largest absolute Gasteiger partial charge is 0.488 e. The molecule has 0 spiro atoms. The molecule has 3 rings (SSSR count). The standard InChI is InChI=1S/C21H29N3O5S2/c1-14-11-24(15(2)13-25)21(26)17-10-16(22-31(27,28)20-6-5-9-30-20)7-8-18(17)29-19(14)12-23(3)4/h5-10,14-15,19,22,25H,11-13H2,1-4H3/t14-,15-,19-/m1/s1. The van der Waals surface area contributed by atoms with Gasteiger partial charge in [0.1, 0.15) is 16.1 Å². The number of carbonyl (C=O) groups excluding carboxylic acids is 1. The van der Waals surface area contributed by atoms with Gasteiger partial charge >= 0.3 is 0 Å². The summed E-state index contributed by atoms with van der Waals surface area (Å²) in [5.74, 6) is 0.131. The molecule has 0 radical (unpaired) electrons. The molecule has 1 aromatic heterocycles. The third-order valence-corrected chi connectivity index (χ3v) is 8.00. The van der Waals surface area contributed by atoms with Gasteiger partial charge in [0.15, 0.2) is 0 Å². The first kappa shape index (κ1) is 23.5. The van der Waals surface area contributed by atoms with E-state index >= 15 is 0 Å². The van der Waals surface area contributed by atoms with Crippen LogP contribution in [0.4, 0.5) is 5.69 Å². The van der Waals surface area contributed by atoms with Crippen molar-refractivity contribution in [2.45, 2.75) is 30.2 Å². The number of sulfonamides is 1. The maximum Gasteiger partial charge on any atom is 0.271 e. The van der Waals surface area contributed by atoms with Gasteiger partial charge in [-0.3, -0.25) is 9.52 Å². The second-order valence-electron chi connectivity index (χ2n) is 8.13. The minimum Gasteiger partial charge on any atom is -0.488 e. The number of ether oxygens (including phenoxy) is 1. The molecule has 0 aliphatic carbocycles.